The van der Waals surface area contributed by atoms with Crippen molar-refractivity contribution in [1.29, 1.82) is 0 Å². The van der Waals surface area contributed by atoms with E-state index in [9.17, 15) is 10.1 Å². The molecule has 18 heavy (non-hydrogen) atoms. The number of nitrogens with zero attached hydrogens (tertiary/aromatic N) is 1. The summed E-state index contributed by atoms with van der Waals surface area (Å²) in [5.41, 5.74) is 1.73. The van der Waals surface area contributed by atoms with E-state index in [0.717, 1.165) is 22.3 Å². The van der Waals surface area contributed by atoms with E-state index >= 15 is 0 Å². The van der Waals surface area contributed by atoms with E-state index in [1.807, 2.05) is 6.07 Å². The van der Waals surface area contributed by atoms with E-state index in [1.54, 1.807) is 24.8 Å². The number of hydrogen-bond donors (Lipinski definition) is 1. The summed E-state index contributed by atoms with van der Waals surface area (Å²) in [6.07, 6.45) is 3.09. The van der Waals surface area contributed by atoms with Crippen LogP contribution in [-0.2, 0) is 0 Å². The summed E-state index contributed by atoms with van der Waals surface area (Å²) < 4.78 is 0.736. The molecule has 1 unspecified atom stereocenters. The molecule has 0 aliphatic rings. The molecule has 0 amide bonds. The van der Waals surface area contributed by atoms with Gasteiger partial charge in [0.05, 0.1) is 4.92 Å². The van der Waals surface area contributed by atoms with Gasteiger partial charge >= 0.3 is 0 Å². The molecule has 0 aliphatic heterocycles. The summed E-state index contributed by atoms with van der Waals surface area (Å²) in [7, 11) is 0. The van der Waals surface area contributed by atoms with Crippen LogP contribution in [0.4, 0.5) is 11.4 Å². The number of rotatable bonds is 6. The SMILES string of the molecule is CCC(CSC)Nc1cc(C)c([N+](=O)[O-])cc1Br. The number of halogens is 1. The standard InChI is InChI=1S/C12H17BrN2O2S/c1-4-9(7-18-3)14-11-5-8(2)12(15(16)17)6-10(11)13/h5-6,9,14H,4,7H2,1-3H3. The second-order valence-corrected chi connectivity index (χ2v) is 5.85. The molecule has 0 saturated heterocycles. The minimum absolute atomic E-state index is 0.144. The molecule has 1 N–H and O–H groups in total. The van der Waals surface area contributed by atoms with Gasteiger partial charge in [0.2, 0.25) is 0 Å². The van der Waals surface area contributed by atoms with Gasteiger partial charge in [-0.3, -0.25) is 10.1 Å². The maximum atomic E-state index is 10.8. The molecule has 0 saturated carbocycles. The lowest BCUT2D eigenvalue weighted by Gasteiger charge is -2.18. The first-order valence-corrected chi connectivity index (χ1v) is 7.88. The molecule has 0 aliphatic carbocycles. The molecule has 0 aromatic heterocycles. The zero-order valence-corrected chi connectivity index (χ0v) is 13.1. The van der Waals surface area contributed by atoms with Gasteiger partial charge in [-0.1, -0.05) is 6.92 Å². The fourth-order valence-corrected chi connectivity index (χ4v) is 2.83. The second-order valence-electron chi connectivity index (χ2n) is 4.08. The number of nitro benzene ring substituents is 1. The smallest absolute Gasteiger partial charge is 0.273 e. The van der Waals surface area contributed by atoms with Crippen LogP contribution in [0.25, 0.3) is 0 Å². The van der Waals surface area contributed by atoms with Gasteiger partial charge in [-0.05, 0) is 41.6 Å². The number of benzene rings is 1. The fourth-order valence-electron chi connectivity index (χ4n) is 1.66. The van der Waals surface area contributed by atoms with Crippen LogP contribution in [0.1, 0.15) is 18.9 Å². The zero-order valence-electron chi connectivity index (χ0n) is 10.7. The molecule has 0 heterocycles. The van der Waals surface area contributed by atoms with Crippen LogP contribution in [-0.4, -0.2) is 23.0 Å². The Bertz CT molecular complexity index is 440. The minimum atomic E-state index is -0.358. The Labute approximate surface area is 120 Å². The van der Waals surface area contributed by atoms with Gasteiger partial charge in [0.15, 0.2) is 0 Å². The molecule has 1 aromatic carbocycles. The van der Waals surface area contributed by atoms with Crippen molar-refractivity contribution in [3.63, 3.8) is 0 Å². The van der Waals surface area contributed by atoms with Crippen molar-refractivity contribution in [2.75, 3.05) is 17.3 Å². The summed E-state index contributed by atoms with van der Waals surface area (Å²) in [5.74, 6) is 1.01. The molecule has 4 nitrogen and oxygen atoms in total. The van der Waals surface area contributed by atoms with Crippen LogP contribution in [0, 0.1) is 17.0 Å². The third kappa shape index (κ3) is 3.88. The fraction of sp³-hybridized carbons (Fsp3) is 0.500. The van der Waals surface area contributed by atoms with E-state index in [4.69, 9.17) is 0 Å². The number of aryl methyl sites for hydroxylation is 1. The molecule has 1 aromatic rings. The normalized spacial score (nSPS) is 12.2. The predicted molar refractivity (Wildman–Crippen MR) is 81.6 cm³/mol. The molecule has 1 atom stereocenters. The third-order valence-corrected chi connectivity index (χ3v) is 4.09. The maximum Gasteiger partial charge on any atom is 0.273 e. The van der Waals surface area contributed by atoms with Gasteiger partial charge in [0, 0.05) is 33.6 Å². The maximum absolute atomic E-state index is 10.8. The van der Waals surface area contributed by atoms with Crippen LogP contribution in [0.5, 0.6) is 0 Å². The largest absolute Gasteiger partial charge is 0.381 e. The lowest BCUT2D eigenvalue weighted by atomic mass is 10.1. The molecule has 0 spiro atoms. The Balaban J connectivity index is 2.97. The van der Waals surface area contributed by atoms with Crippen LogP contribution in [0.15, 0.2) is 16.6 Å². The molecule has 1 rings (SSSR count). The summed E-state index contributed by atoms with van der Waals surface area (Å²) in [5, 5.41) is 14.2. The Hall–Kier alpha value is -0.750. The van der Waals surface area contributed by atoms with Gasteiger partial charge in [0.1, 0.15) is 0 Å². The Morgan fingerprint density at radius 2 is 2.22 bits per heavy atom. The second kappa shape index (κ2) is 6.99. The van der Waals surface area contributed by atoms with Gasteiger partial charge in [-0.15, -0.1) is 0 Å². The summed E-state index contributed by atoms with van der Waals surface area (Å²) in [6, 6.07) is 3.76. The number of nitrogens with one attached hydrogen (secondary N) is 1. The molecule has 100 valence electrons. The zero-order chi connectivity index (χ0) is 13.7. The molecule has 0 fully saturated rings. The number of thioether (sulfide) groups is 1. The van der Waals surface area contributed by atoms with Gasteiger partial charge in [-0.2, -0.15) is 11.8 Å². The average Bonchev–Trinajstić information content (AvgIpc) is 2.32. The first-order chi connectivity index (χ1) is 8.49. The topological polar surface area (TPSA) is 55.2 Å². The van der Waals surface area contributed by atoms with Crippen molar-refractivity contribution in [3.8, 4) is 0 Å². The van der Waals surface area contributed by atoms with E-state index in [1.165, 1.54) is 0 Å². The van der Waals surface area contributed by atoms with Gasteiger partial charge in [-0.25, -0.2) is 0 Å². The number of hydrogen-bond acceptors (Lipinski definition) is 4. The first kappa shape index (κ1) is 15.3. The van der Waals surface area contributed by atoms with Crippen LogP contribution < -0.4 is 5.32 Å². The Kier molecular flexibility index (Phi) is 5.95. The Morgan fingerprint density at radius 3 is 2.72 bits per heavy atom. The van der Waals surface area contributed by atoms with Crippen molar-refractivity contribution >= 4 is 39.1 Å². The highest BCUT2D eigenvalue weighted by molar-refractivity contribution is 9.10. The van der Waals surface area contributed by atoms with E-state index in [0.29, 0.717) is 11.6 Å². The van der Waals surface area contributed by atoms with Gasteiger partial charge < -0.3 is 5.32 Å². The lowest BCUT2D eigenvalue weighted by molar-refractivity contribution is -0.385. The minimum Gasteiger partial charge on any atom is -0.381 e. The third-order valence-electron chi connectivity index (χ3n) is 2.70. The van der Waals surface area contributed by atoms with Crippen molar-refractivity contribution in [3.05, 3.63) is 32.3 Å². The molecule has 6 heteroatoms. The van der Waals surface area contributed by atoms with Crippen LogP contribution >= 0.6 is 27.7 Å². The summed E-state index contributed by atoms with van der Waals surface area (Å²) in [6.45, 7) is 3.88. The summed E-state index contributed by atoms with van der Waals surface area (Å²) >= 11 is 5.17. The molecule has 0 bridgehead atoms. The number of nitro groups is 1. The molecule has 0 radical (unpaired) electrons. The quantitative estimate of drug-likeness (QED) is 0.625. The Morgan fingerprint density at radius 1 is 1.56 bits per heavy atom. The van der Waals surface area contributed by atoms with E-state index in [-0.39, 0.29) is 10.6 Å². The van der Waals surface area contributed by atoms with Crippen molar-refractivity contribution < 1.29 is 4.92 Å². The van der Waals surface area contributed by atoms with E-state index < -0.39 is 0 Å². The highest BCUT2D eigenvalue weighted by Crippen LogP contribution is 2.31. The van der Waals surface area contributed by atoms with Crippen molar-refractivity contribution in [2.24, 2.45) is 0 Å². The first-order valence-electron chi connectivity index (χ1n) is 5.69. The van der Waals surface area contributed by atoms with E-state index in [2.05, 4.69) is 34.4 Å². The predicted octanol–water partition coefficient (Wildman–Crippen LogP) is 4.22. The summed E-state index contributed by atoms with van der Waals surface area (Å²) in [4.78, 5) is 10.5. The van der Waals surface area contributed by atoms with Crippen LogP contribution in [0.2, 0.25) is 0 Å². The highest BCUT2D eigenvalue weighted by Gasteiger charge is 2.15. The monoisotopic (exact) mass is 332 g/mol. The number of anilines is 1. The molecular weight excluding hydrogens is 316 g/mol. The van der Waals surface area contributed by atoms with Crippen molar-refractivity contribution in [2.45, 2.75) is 26.3 Å². The average molecular weight is 333 g/mol. The highest BCUT2D eigenvalue weighted by atomic mass is 79.9. The lowest BCUT2D eigenvalue weighted by Crippen LogP contribution is -2.21. The van der Waals surface area contributed by atoms with Crippen LogP contribution in [0.3, 0.4) is 0 Å². The molecular formula is C12H17BrN2O2S. The van der Waals surface area contributed by atoms with Crippen molar-refractivity contribution in [1.82, 2.24) is 0 Å². The van der Waals surface area contributed by atoms with Gasteiger partial charge in [0.25, 0.3) is 5.69 Å².